The molecule has 31 heavy (non-hydrogen) atoms. The Labute approximate surface area is 174 Å². The van der Waals surface area contributed by atoms with Gasteiger partial charge in [-0.25, -0.2) is 9.67 Å². The van der Waals surface area contributed by atoms with E-state index in [1.54, 1.807) is 36.4 Å². The van der Waals surface area contributed by atoms with E-state index >= 15 is 0 Å². The molecule has 2 aromatic carbocycles. The molecule has 1 amide bonds. The minimum atomic E-state index is -2.88. The van der Waals surface area contributed by atoms with E-state index in [1.165, 1.54) is 29.3 Å². The Balaban J connectivity index is 1.47. The van der Waals surface area contributed by atoms with Gasteiger partial charge in [0.2, 0.25) is 5.91 Å². The highest BCUT2D eigenvalue weighted by Crippen LogP contribution is 2.22. The van der Waals surface area contributed by atoms with E-state index < -0.39 is 6.61 Å². The van der Waals surface area contributed by atoms with Crippen LogP contribution in [0, 0.1) is 0 Å². The van der Waals surface area contributed by atoms with E-state index in [1.807, 2.05) is 0 Å². The second kappa shape index (κ2) is 8.74. The fraction of sp³-hybridized carbons (Fsp3) is 0.143. The van der Waals surface area contributed by atoms with Crippen molar-refractivity contribution in [3.05, 3.63) is 77.0 Å². The molecule has 0 bridgehead atoms. The number of H-pyrrole nitrogens is 1. The van der Waals surface area contributed by atoms with Crippen molar-refractivity contribution < 1.29 is 18.3 Å². The highest BCUT2D eigenvalue weighted by atomic mass is 19.3. The number of para-hydroxylation sites is 2. The number of carbonyl (C=O) groups excluding carboxylic acids is 1. The highest BCUT2D eigenvalue weighted by Gasteiger charge is 2.14. The topological polar surface area (TPSA) is 102 Å². The summed E-state index contributed by atoms with van der Waals surface area (Å²) in [6.45, 7) is -2.88. The number of ether oxygens (including phenoxy) is 1. The van der Waals surface area contributed by atoms with Crippen LogP contribution in [-0.4, -0.2) is 32.3 Å². The smallest absolute Gasteiger partial charge is 0.387 e. The lowest BCUT2D eigenvalue weighted by Gasteiger charge is -2.11. The molecule has 10 heteroatoms. The summed E-state index contributed by atoms with van der Waals surface area (Å²) in [5.74, 6) is -0.168. The Kier molecular flexibility index (Phi) is 5.69. The number of amides is 1. The van der Waals surface area contributed by atoms with Gasteiger partial charge in [0.1, 0.15) is 11.1 Å². The van der Waals surface area contributed by atoms with Gasteiger partial charge in [0, 0.05) is 6.42 Å². The lowest BCUT2D eigenvalue weighted by Crippen LogP contribution is -2.15. The number of carbonyl (C=O) groups is 1. The molecule has 4 aromatic rings. The normalized spacial score (nSPS) is 11.1. The van der Waals surface area contributed by atoms with E-state index in [2.05, 4.69) is 25.1 Å². The average molecular weight is 425 g/mol. The van der Waals surface area contributed by atoms with Gasteiger partial charge in [-0.05, 0) is 36.2 Å². The van der Waals surface area contributed by atoms with Crippen molar-refractivity contribution in [1.29, 1.82) is 0 Å². The van der Waals surface area contributed by atoms with Crippen LogP contribution in [0.4, 0.5) is 14.5 Å². The van der Waals surface area contributed by atoms with Crippen LogP contribution in [0.5, 0.6) is 5.75 Å². The van der Waals surface area contributed by atoms with Crippen molar-refractivity contribution in [2.45, 2.75) is 19.5 Å². The zero-order valence-corrected chi connectivity index (χ0v) is 16.1. The van der Waals surface area contributed by atoms with Crippen molar-refractivity contribution >= 4 is 22.6 Å². The number of alkyl halides is 2. The van der Waals surface area contributed by atoms with Gasteiger partial charge in [-0.1, -0.05) is 24.3 Å². The molecule has 0 saturated heterocycles. The van der Waals surface area contributed by atoms with Gasteiger partial charge in [0.05, 0.1) is 23.9 Å². The van der Waals surface area contributed by atoms with Crippen LogP contribution in [-0.2, 0) is 11.2 Å². The molecule has 158 valence electrons. The van der Waals surface area contributed by atoms with Crippen LogP contribution in [0.25, 0.3) is 16.7 Å². The Morgan fingerprint density at radius 2 is 1.94 bits per heavy atom. The predicted molar refractivity (Wildman–Crippen MR) is 110 cm³/mol. The van der Waals surface area contributed by atoms with Crippen molar-refractivity contribution in [2.75, 3.05) is 5.32 Å². The third kappa shape index (κ3) is 4.58. The van der Waals surface area contributed by atoms with Crippen molar-refractivity contribution in [3.8, 4) is 11.4 Å². The molecular weight excluding hydrogens is 408 g/mol. The molecule has 0 spiro atoms. The first-order chi connectivity index (χ1) is 15.0. The number of nitrogens with one attached hydrogen (secondary N) is 2. The van der Waals surface area contributed by atoms with Crippen LogP contribution >= 0.6 is 0 Å². The first kappa shape index (κ1) is 20.2. The standard InChI is InChI=1S/C21H17F2N5O3/c22-21(23)31-14-8-5-13(6-9-14)7-10-18(29)27-16-3-1-2-4-17(16)28-19-15(11-26-28)20(30)25-12-24-19/h1-6,8-9,11-12,21H,7,10H2,(H,27,29)(H,24,25,30). The van der Waals surface area contributed by atoms with Crippen LogP contribution in [0.3, 0.4) is 0 Å². The number of fused-ring (bicyclic) bond motifs is 1. The fourth-order valence-electron chi connectivity index (χ4n) is 3.10. The maximum absolute atomic E-state index is 12.5. The van der Waals surface area contributed by atoms with Crippen molar-refractivity contribution in [3.63, 3.8) is 0 Å². The molecule has 0 fully saturated rings. The molecule has 8 nitrogen and oxygen atoms in total. The van der Waals surface area contributed by atoms with Crippen LogP contribution in [0.2, 0.25) is 0 Å². The summed E-state index contributed by atoms with van der Waals surface area (Å²) < 4.78 is 30.2. The quantitative estimate of drug-likeness (QED) is 0.473. The number of benzene rings is 2. The van der Waals surface area contributed by atoms with Crippen LogP contribution in [0.1, 0.15) is 12.0 Å². The lowest BCUT2D eigenvalue weighted by molar-refractivity contribution is -0.116. The summed E-state index contributed by atoms with van der Waals surface area (Å²) in [5.41, 5.74) is 1.96. The van der Waals surface area contributed by atoms with Gasteiger partial charge in [-0.2, -0.15) is 13.9 Å². The van der Waals surface area contributed by atoms with Gasteiger partial charge < -0.3 is 15.0 Å². The monoisotopic (exact) mass is 425 g/mol. The van der Waals surface area contributed by atoms with Gasteiger partial charge >= 0.3 is 6.61 Å². The first-order valence-electron chi connectivity index (χ1n) is 9.35. The zero-order valence-electron chi connectivity index (χ0n) is 16.1. The third-order valence-corrected chi connectivity index (χ3v) is 4.57. The predicted octanol–water partition coefficient (Wildman–Crippen LogP) is 3.28. The van der Waals surface area contributed by atoms with E-state index in [-0.39, 0.29) is 23.6 Å². The Bertz CT molecular complexity index is 1270. The van der Waals surface area contributed by atoms with Crippen molar-refractivity contribution in [2.24, 2.45) is 0 Å². The molecule has 0 radical (unpaired) electrons. The number of hydrogen-bond donors (Lipinski definition) is 2. The van der Waals surface area contributed by atoms with E-state index in [4.69, 9.17) is 0 Å². The summed E-state index contributed by atoms with van der Waals surface area (Å²) in [5, 5.41) is 7.42. The lowest BCUT2D eigenvalue weighted by atomic mass is 10.1. The molecule has 0 unspecified atom stereocenters. The Hall–Kier alpha value is -4.08. The Morgan fingerprint density at radius 3 is 2.71 bits per heavy atom. The maximum atomic E-state index is 12.5. The number of hydrogen-bond acceptors (Lipinski definition) is 5. The largest absolute Gasteiger partial charge is 0.435 e. The summed E-state index contributed by atoms with van der Waals surface area (Å²) in [4.78, 5) is 31.1. The third-order valence-electron chi connectivity index (χ3n) is 4.57. The van der Waals surface area contributed by atoms with Gasteiger partial charge in [0.15, 0.2) is 5.65 Å². The number of aromatic amines is 1. The summed E-state index contributed by atoms with van der Waals surface area (Å²) in [7, 11) is 0. The summed E-state index contributed by atoms with van der Waals surface area (Å²) in [6, 6.07) is 13.2. The molecule has 0 saturated carbocycles. The molecule has 0 aliphatic heterocycles. The van der Waals surface area contributed by atoms with Gasteiger partial charge in [-0.15, -0.1) is 0 Å². The van der Waals surface area contributed by atoms with Crippen molar-refractivity contribution in [1.82, 2.24) is 19.7 Å². The highest BCUT2D eigenvalue weighted by molar-refractivity contribution is 5.93. The number of rotatable bonds is 7. The molecule has 0 atom stereocenters. The molecule has 2 aromatic heterocycles. The number of anilines is 1. The number of aryl methyl sites for hydroxylation is 1. The van der Waals surface area contributed by atoms with Gasteiger partial charge in [-0.3, -0.25) is 9.59 Å². The van der Waals surface area contributed by atoms with Gasteiger partial charge in [0.25, 0.3) is 5.56 Å². The summed E-state index contributed by atoms with van der Waals surface area (Å²) in [6.07, 6.45) is 3.31. The van der Waals surface area contributed by atoms with Crippen LogP contribution < -0.4 is 15.6 Å². The summed E-state index contributed by atoms with van der Waals surface area (Å²) >= 11 is 0. The Morgan fingerprint density at radius 1 is 1.16 bits per heavy atom. The second-order valence-corrected chi connectivity index (χ2v) is 6.61. The molecular formula is C21H17F2N5O3. The number of halogens is 2. The molecule has 0 aliphatic carbocycles. The second-order valence-electron chi connectivity index (χ2n) is 6.61. The minimum Gasteiger partial charge on any atom is -0.435 e. The fourth-order valence-corrected chi connectivity index (χ4v) is 3.10. The minimum absolute atomic E-state index is 0.0658. The van der Waals surface area contributed by atoms with E-state index in [0.717, 1.165) is 5.56 Å². The average Bonchev–Trinajstić information content (AvgIpc) is 3.19. The number of nitrogens with zero attached hydrogens (tertiary/aromatic N) is 3. The van der Waals surface area contributed by atoms with E-state index in [9.17, 15) is 18.4 Å². The molecule has 2 heterocycles. The van der Waals surface area contributed by atoms with E-state index in [0.29, 0.717) is 28.8 Å². The molecule has 0 aliphatic rings. The number of aromatic nitrogens is 4. The molecule has 4 rings (SSSR count). The molecule has 2 N–H and O–H groups in total. The maximum Gasteiger partial charge on any atom is 0.387 e. The SMILES string of the molecule is O=C(CCc1ccc(OC(F)F)cc1)Nc1ccccc1-n1ncc2c(=O)[nH]cnc21. The zero-order chi connectivity index (χ0) is 21.8. The first-order valence-corrected chi connectivity index (χ1v) is 9.35. The van der Waals surface area contributed by atoms with Crippen LogP contribution in [0.15, 0.2) is 65.8 Å².